The highest BCUT2D eigenvalue weighted by Gasteiger charge is 2.72. The monoisotopic (exact) mass is 465 g/mol. The van der Waals surface area contributed by atoms with Crippen molar-refractivity contribution < 1.29 is 24.5 Å². The zero-order chi connectivity index (χ0) is 24.6. The molecule has 2 aliphatic carbocycles. The Kier molecular flexibility index (Phi) is 5.06. The summed E-state index contributed by atoms with van der Waals surface area (Å²) in [4.78, 5) is 29.0. The quantitative estimate of drug-likeness (QED) is 0.480. The zero-order valence-corrected chi connectivity index (χ0v) is 19.8. The van der Waals surface area contributed by atoms with Gasteiger partial charge in [-0.2, -0.15) is 0 Å². The fraction of sp³-hybridized carbons (Fsp3) is 0.462. The summed E-state index contributed by atoms with van der Waals surface area (Å²) in [6.07, 6.45) is 1.34. The average Bonchev–Trinajstić information content (AvgIpc) is 3.55. The predicted molar refractivity (Wildman–Crippen MR) is 126 cm³/mol. The van der Waals surface area contributed by atoms with Crippen LogP contribution in [-0.2, 0) is 16.1 Å². The van der Waals surface area contributed by atoms with Gasteiger partial charge in [-0.15, -0.1) is 0 Å². The minimum atomic E-state index is -2.18. The van der Waals surface area contributed by atoms with Crippen molar-refractivity contribution in [1.82, 2.24) is 10.2 Å². The number of nitrogens with two attached hydrogens (primary N) is 1. The lowest BCUT2D eigenvalue weighted by atomic mass is 9.81. The van der Waals surface area contributed by atoms with Crippen LogP contribution in [0.15, 0.2) is 36.4 Å². The van der Waals surface area contributed by atoms with Crippen LogP contribution in [0.2, 0.25) is 0 Å². The molecule has 0 radical (unpaired) electrons. The number of nitrogens with zero attached hydrogens (tertiary/aromatic N) is 1. The second kappa shape index (κ2) is 7.53. The van der Waals surface area contributed by atoms with Gasteiger partial charge in [-0.25, -0.2) is 0 Å². The summed E-state index contributed by atoms with van der Waals surface area (Å²) in [6.45, 7) is 3.66. The summed E-state index contributed by atoms with van der Waals surface area (Å²) in [5, 5.41) is 25.1. The predicted octanol–water partition coefficient (Wildman–Crippen LogP) is 1.84. The highest BCUT2D eigenvalue weighted by Crippen LogP contribution is 2.59. The molecule has 1 amide bonds. The Bertz CT molecular complexity index is 1180. The van der Waals surface area contributed by atoms with E-state index >= 15 is 0 Å². The maximum Gasteiger partial charge on any atom is 0.271 e. The number of amides is 1. The molecule has 180 valence electrons. The van der Waals surface area contributed by atoms with E-state index in [-0.39, 0.29) is 16.8 Å². The Hall–Kier alpha value is -2.94. The normalized spacial score (nSPS) is 27.4. The molecular formula is C26H31N3O5. The molecule has 0 spiro atoms. The minimum absolute atomic E-state index is 0.129. The first-order chi connectivity index (χ1) is 16.0. The topological polar surface area (TPSA) is 125 Å². The smallest absolute Gasteiger partial charge is 0.271 e. The van der Waals surface area contributed by atoms with Gasteiger partial charge in [-0.1, -0.05) is 31.2 Å². The molecule has 1 unspecified atom stereocenters. The first-order valence-electron chi connectivity index (χ1n) is 11.7. The van der Waals surface area contributed by atoms with Crippen molar-refractivity contribution in [1.29, 1.82) is 0 Å². The molecule has 1 heterocycles. The average molecular weight is 466 g/mol. The number of carbonyl (C=O) groups excluding carboxylic acids is 2. The number of aliphatic hydroxyl groups excluding tert-OH is 1. The van der Waals surface area contributed by atoms with Crippen molar-refractivity contribution in [3.8, 4) is 5.75 Å². The molecule has 2 aromatic rings. The number of ether oxygens (including phenoxy) is 1. The lowest BCUT2D eigenvalue weighted by molar-refractivity contribution is -0.177. The fourth-order valence-corrected chi connectivity index (χ4v) is 5.68. The molecule has 8 nitrogen and oxygen atoms in total. The standard InChI is InChI=1S/C26H31N3O5/c1-13(15-8-9-15)16-10-11-17-20(12-16)34-26(33)18-6-5-7-19(27)21(18)23(31)25(17,26)28-24(32)22(14(2)30)29(3)4/h5-7,10-15,22,30,33H,8-9,27H2,1-4H3,(H,28,32)/t13?,14-,22-,25+,26+/m0/s1. The van der Waals surface area contributed by atoms with Crippen molar-refractivity contribution >= 4 is 17.4 Å². The molecule has 5 N–H and O–H groups in total. The maximum atomic E-state index is 14.0. The number of fused-ring (bicyclic) bond motifs is 5. The molecule has 1 fully saturated rings. The van der Waals surface area contributed by atoms with Crippen molar-refractivity contribution in [3.63, 3.8) is 0 Å². The minimum Gasteiger partial charge on any atom is -0.454 e. The van der Waals surface area contributed by atoms with Crippen LogP contribution >= 0.6 is 0 Å². The molecule has 1 saturated carbocycles. The van der Waals surface area contributed by atoms with Crippen molar-refractivity contribution in [3.05, 3.63) is 58.7 Å². The number of likely N-dealkylation sites (N-methyl/N-ethyl adjacent to an activating group) is 1. The number of benzene rings is 2. The van der Waals surface area contributed by atoms with Gasteiger partial charge in [0.15, 0.2) is 0 Å². The summed E-state index contributed by atoms with van der Waals surface area (Å²) in [5.41, 5.74) is 6.19. The number of ketones is 1. The second-order valence-corrected chi connectivity index (χ2v) is 10.1. The van der Waals surface area contributed by atoms with Gasteiger partial charge >= 0.3 is 0 Å². The molecule has 0 bridgehead atoms. The Morgan fingerprint density at radius 1 is 1.21 bits per heavy atom. The number of hydrogen-bond donors (Lipinski definition) is 4. The van der Waals surface area contributed by atoms with Crippen molar-refractivity contribution in [2.24, 2.45) is 5.92 Å². The van der Waals surface area contributed by atoms with Crippen LogP contribution in [0.1, 0.15) is 59.7 Å². The van der Waals surface area contributed by atoms with Gasteiger partial charge < -0.3 is 26.0 Å². The summed E-state index contributed by atoms with van der Waals surface area (Å²) in [7, 11) is 3.32. The fourth-order valence-electron chi connectivity index (χ4n) is 5.68. The van der Waals surface area contributed by atoms with E-state index in [0.717, 1.165) is 5.56 Å². The van der Waals surface area contributed by atoms with E-state index < -0.39 is 35.2 Å². The Balaban J connectivity index is 1.68. The maximum absolute atomic E-state index is 14.0. The molecule has 1 aliphatic heterocycles. The van der Waals surface area contributed by atoms with E-state index in [2.05, 4.69) is 12.2 Å². The van der Waals surface area contributed by atoms with Crippen molar-refractivity contribution in [2.75, 3.05) is 19.8 Å². The van der Waals surface area contributed by atoms with Crippen molar-refractivity contribution in [2.45, 2.75) is 56.1 Å². The molecule has 2 aromatic carbocycles. The lowest BCUT2D eigenvalue weighted by Gasteiger charge is -2.37. The molecule has 8 heteroatoms. The van der Waals surface area contributed by atoms with E-state index in [1.807, 2.05) is 12.1 Å². The first kappa shape index (κ1) is 22.8. The molecule has 34 heavy (non-hydrogen) atoms. The van der Waals surface area contributed by atoms with Crippen LogP contribution in [0.25, 0.3) is 0 Å². The summed E-state index contributed by atoms with van der Waals surface area (Å²) >= 11 is 0. The number of anilines is 1. The number of aliphatic hydroxyl groups is 2. The third kappa shape index (κ3) is 2.95. The summed E-state index contributed by atoms with van der Waals surface area (Å²) in [5.74, 6) is -2.03. The van der Waals surface area contributed by atoms with Gasteiger partial charge in [0, 0.05) is 16.8 Å². The zero-order valence-electron chi connectivity index (χ0n) is 19.8. The third-order valence-electron chi connectivity index (χ3n) is 7.65. The number of carbonyl (C=O) groups is 2. The number of Topliss-reactive ketones (excluding diaryl/α,β-unsaturated/α-hetero) is 1. The molecule has 5 rings (SSSR count). The van der Waals surface area contributed by atoms with E-state index in [1.165, 1.54) is 19.8 Å². The lowest BCUT2D eigenvalue weighted by Crippen LogP contribution is -2.64. The van der Waals surface area contributed by atoms with Gasteiger partial charge in [-0.3, -0.25) is 14.5 Å². The number of rotatable bonds is 6. The Morgan fingerprint density at radius 3 is 2.53 bits per heavy atom. The van der Waals surface area contributed by atoms with E-state index in [1.54, 1.807) is 43.3 Å². The number of nitrogens with one attached hydrogen (secondary N) is 1. The molecular weight excluding hydrogens is 434 g/mol. The second-order valence-electron chi connectivity index (χ2n) is 10.1. The van der Waals surface area contributed by atoms with Crippen LogP contribution in [0, 0.1) is 5.92 Å². The highest BCUT2D eigenvalue weighted by atomic mass is 16.6. The summed E-state index contributed by atoms with van der Waals surface area (Å²) in [6, 6.07) is 9.41. The van der Waals surface area contributed by atoms with Gasteiger partial charge in [0.05, 0.1) is 11.7 Å². The largest absolute Gasteiger partial charge is 0.454 e. The van der Waals surface area contributed by atoms with E-state index in [0.29, 0.717) is 23.1 Å². The van der Waals surface area contributed by atoms with Crippen LogP contribution < -0.4 is 15.8 Å². The SMILES string of the molecule is CC(c1ccc2c(c1)O[C@]1(O)c3cccc(N)c3C(=O)[C@]21NC(=O)[C@H]([C@H](C)O)N(C)C)C1CC1. The third-order valence-corrected chi connectivity index (χ3v) is 7.65. The highest BCUT2D eigenvalue weighted by molar-refractivity contribution is 6.15. The van der Waals surface area contributed by atoms with E-state index in [4.69, 9.17) is 10.5 Å². The molecule has 0 aromatic heterocycles. The van der Waals surface area contributed by atoms with Crippen LogP contribution in [0.3, 0.4) is 0 Å². The Morgan fingerprint density at radius 2 is 1.91 bits per heavy atom. The number of hydrogen-bond acceptors (Lipinski definition) is 7. The van der Waals surface area contributed by atoms with Crippen LogP contribution in [0.5, 0.6) is 5.75 Å². The van der Waals surface area contributed by atoms with E-state index in [9.17, 15) is 19.8 Å². The number of nitrogen functional groups attached to an aromatic ring is 1. The summed E-state index contributed by atoms with van der Waals surface area (Å²) < 4.78 is 6.15. The van der Waals surface area contributed by atoms with Gasteiger partial charge in [-0.05, 0) is 63.4 Å². The molecule has 0 saturated heterocycles. The first-order valence-corrected chi connectivity index (χ1v) is 11.7. The van der Waals surface area contributed by atoms with Crippen LogP contribution in [-0.4, -0.2) is 53.0 Å². The molecule has 3 aliphatic rings. The van der Waals surface area contributed by atoms with Crippen LogP contribution in [0.4, 0.5) is 5.69 Å². The van der Waals surface area contributed by atoms with Gasteiger partial charge in [0.1, 0.15) is 11.8 Å². The van der Waals surface area contributed by atoms with Gasteiger partial charge in [0.2, 0.25) is 17.2 Å². The Labute approximate surface area is 198 Å². The van der Waals surface area contributed by atoms with Gasteiger partial charge in [0.25, 0.3) is 5.79 Å². The molecule has 5 atom stereocenters.